The zero-order valence-corrected chi connectivity index (χ0v) is 26.9. The maximum absolute atomic E-state index is 15.3. The van der Waals surface area contributed by atoms with Crippen molar-refractivity contribution in [2.75, 3.05) is 24.5 Å². The van der Waals surface area contributed by atoms with Crippen LogP contribution >= 0.6 is 23.8 Å². The van der Waals surface area contributed by atoms with Gasteiger partial charge in [-0.2, -0.15) is 5.10 Å². The molecule has 1 fully saturated rings. The normalized spacial score (nSPS) is 20.8. The van der Waals surface area contributed by atoms with E-state index in [2.05, 4.69) is 21.0 Å². The van der Waals surface area contributed by atoms with E-state index < -0.39 is 17.7 Å². The van der Waals surface area contributed by atoms with Gasteiger partial charge in [-0.3, -0.25) is 5.43 Å². The number of carbonyl (C=O) groups is 1. The Hall–Kier alpha value is -1.67. The monoisotopic (exact) mass is 600 g/mol. The van der Waals surface area contributed by atoms with Crippen LogP contribution in [0.2, 0.25) is 5.02 Å². The van der Waals surface area contributed by atoms with Gasteiger partial charge in [0.15, 0.2) is 5.11 Å². The molecule has 8 nitrogen and oxygen atoms in total. The summed E-state index contributed by atoms with van der Waals surface area (Å²) in [7, 11) is 0. The van der Waals surface area contributed by atoms with Gasteiger partial charge in [-0.05, 0) is 62.8 Å². The number of amides is 1. The van der Waals surface area contributed by atoms with Gasteiger partial charge in [0.1, 0.15) is 23.4 Å². The third kappa shape index (κ3) is 8.18. The van der Waals surface area contributed by atoms with E-state index in [-0.39, 0.29) is 81.6 Å². The van der Waals surface area contributed by atoms with Crippen LogP contribution < -0.4 is 61.7 Å². The van der Waals surface area contributed by atoms with Gasteiger partial charge in [-0.15, -0.1) is 0 Å². The molecule has 2 aromatic rings. The maximum atomic E-state index is 15.3. The van der Waals surface area contributed by atoms with Crippen molar-refractivity contribution in [3.63, 3.8) is 0 Å². The molecule has 0 radical (unpaired) electrons. The number of nitrogens with one attached hydrogen (secondary N) is 1. The number of anilines is 1. The van der Waals surface area contributed by atoms with Gasteiger partial charge in [0, 0.05) is 48.1 Å². The second-order valence-corrected chi connectivity index (χ2v) is 10.2. The fourth-order valence-electron chi connectivity index (χ4n) is 4.62. The van der Waals surface area contributed by atoms with Crippen molar-refractivity contribution in [2.45, 2.75) is 45.4 Å². The number of halogens is 3. The van der Waals surface area contributed by atoms with E-state index in [1.54, 1.807) is 23.2 Å². The Balaban J connectivity index is 0.00000420. The smallest absolute Gasteiger partial charge is 0.651 e. The summed E-state index contributed by atoms with van der Waals surface area (Å²) in [5.74, 6) is -1.67. The molecule has 0 spiro atoms. The second kappa shape index (κ2) is 14.3. The molecule has 1 N–H and O–H groups in total. The molecule has 2 aromatic carbocycles. The predicted octanol–water partition coefficient (Wildman–Crippen LogP) is 1.84. The Morgan fingerprint density at radius 2 is 1.85 bits per heavy atom. The number of hydrazone groups is 1. The van der Waals surface area contributed by atoms with E-state index in [0.717, 1.165) is 5.56 Å². The molecule has 1 saturated heterocycles. The number of carbonyl (C=O) groups excluding carboxylic acids is 1. The van der Waals surface area contributed by atoms with Gasteiger partial charge in [-0.1, -0.05) is 35.4 Å². The van der Waals surface area contributed by atoms with Crippen molar-refractivity contribution in [1.82, 2.24) is 10.3 Å². The summed E-state index contributed by atoms with van der Waals surface area (Å²) in [6, 6.07) is 9.28. The number of nitrogens with zero attached hydrogens (tertiary/aromatic N) is 5. The van der Waals surface area contributed by atoms with E-state index in [4.69, 9.17) is 28.7 Å². The van der Waals surface area contributed by atoms with E-state index in [0.29, 0.717) is 40.9 Å². The van der Waals surface area contributed by atoms with Crippen molar-refractivity contribution in [3.05, 3.63) is 69.5 Å². The van der Waals surface area contributed by atoms with E-state index in [1.165, 1.54) is 19.1 Å². The number of thiocarbonyl (C=S) groups is 1. The van der Waals surface area contributed by atoms with Crippen LogP contribution in [0.25, 0.3) is 5.32 Å². The SMILES string of the molecule is CC(=O)[N-]CC1CC(c2cc(F)c(N3C(C)CN(C(=S)N/N=C\c4ccc(Cl)cc4)CC3C)c(F)c2)=NO1.[K+]. The van der Waals surface area contributed by atoms with Gasteiger partial charge < -0.3 is 24.7 Å². The molecule has 3 atom stereocenters. The van der Waals surface area contributed by atoms with Crippen molar-refractivity contribution in [1.29, 1.82) is 0 Å². The summed E-state index contributed by atoms with van der Waals surface area (Å²) >= 11 is 11.4. The summed E-state index contributed by atoms with van der Waals surface area (Å²) in [4.78, 5) is 20.0. The molecule has 0 saturated carbocycles. The molecular weight excluding hydrogens is 573 g/mol. The number of oxime groups is 1. The van der Waals surface area contributed by atoms with E-state index in [1.807, 2.05) is 30.9 Å². The Labute approximate surface area is 279 Å². The van der Waals surface area contributed by atoms with Crippen LogP contribution in [0.4, 0.5) is 14.5 Å². The Bertz CT molecular complexity index is 1230. The number of hydrogen-bond donors (Lipinski definition) is 1. The summed E-state index contributed by atoms with van der Waals surface area (Å²) in [5.41, 5.74) is 4.36. The van der Waals surface area contributed by atoms with Gasteiger partial charge in [0.25, 0.3) is 0 Å². The molecule has 1 amide bonds. The standard InChI is InChI=1S/C26H29ClF2N6O2S.K/c1-15-13-34(26(38)32-31-11-18-4-6-20(27)7-5-18)14-16(2)35(15)25-22(28)8-19(9-23(25)29)24-10-21(37-33-24)12-30-17(3)36;/h4-9,11,15-16,21H,10,12-14H2,1-3H3,(H2,30,32,36,38);/q;+1/p-1/b31-11-;. The van der Waals surface area contributed by atoms with Gasteiger partial charge in [0.2, 0.25) is 0 Å². The van der Waals surface area contributed by atoms with Crippen molar-refractivity contribution in [2.24, 2.45) is 10.3 Å². The predicted molar refractivity (Wildman–Crippen MR) is 149 cm³/mol. The van der Waals surface area contributed by atoms with Crippen LogP contribution in [0.3, 0.4) is 0 Å². The average molecular weight is 601 g/mol. The fraction of sp³-hybridized carbons (Fsp3) is 0.385. The Morgan fingerprint density at radius 1 is 1.23 bits per heavy atom. The van der Waals surface area contributed by atoms with Gasteiger partial charge >= 0.3 is 51.4 Å². The third-order valence-corrected chi connectivity index (χ3v) is 6.91. The molecular formula is C26H28ClF2KN6O2S. The quantitative estimate of drug-likeness (QED) is 0.236. The summed E-state index contributed by atoms with van der Waals surface area (Å²) in [5, 5.41) is 13.0. The van der Waals surface area contributed by atoms with E-state index in [9.17, 15) is 4.79 Å². The van der Waals surface area contributed by atoms with Crippen LogP contribution in [0.15, 0.2) is 46.7 Å². The summed E-state index contributed by atoms with van der Waals surface area (Å²) in [6.07, 6.45) is 1.52. The number of piperazine rings is 1. The molecule has 4 rings (SSSR count). The first-order valence-corrected chi connectivity index (χ1v) is 12.9. The molecule has 2 aliphatic heterocycles. The van der Waals surface area contributed by atoms with Gasteiger partial charge in [-0.25, -0.2) is 8.78 Å². The third-order valence-electron chi connectivity index (χ3n) is 6.31. The number of rotatable bonds is 6. The zero-order valence-electron chi connectivity index (χ0n) is 22.2. The molecule has 202 valence electrons. The molecule has 2 aliphatic rings. The van der Waals surface area contributed by atoms with Crippen LogP contribution in [0, 0.1) is 11.6 Å². The topological polar surface area (TPSA) is 83.6 Å². The first kappa shape index (κ1) is 31.8. The molecule has 2 heterocycles. The van der Waals surface area contributed by atoms with Crippen molar-refractivity contribution < 1.29 is 69.8 Å². The minimum absolute atomic E-state index is 0. The van der Waals surface area contributed by atoms with Crippen LogP contribution in [0.5, 0.6) is 0 Å². The minimum Gasteiger partial charge on any atom is -0.651 e. The van der Waals surface area contributed by atoms with Gasteiger partial charge in [0.05, 0.1) is 11.9 Å². The zero-order chi connectivity index (χ0) is 27.4. The molecule has 0 aliphatic carbocycles. The number of benzene rings is 2. The number of hydrogen-bond acceptors (Lipinski definition) is 6. The molecule has 3 unspecified atom stereocenters. The largest absolute Gasteiger partial charge is 1.00 e. The molecule has 0 aromatic heterocycles. The fourth-order valence-corrected chi connectivity index (χ4v) is 4.94. The first-order valence-electron chi connectivity index (χ1n) is 12.1. The van der Waals surface area contributed by atoms with Crippen LogP contribution in [-0.2, 0) is 9.63 Å². The van der Waals surface area contributed by atoms with E-state index >= 15 is 8.78 Å². The van der Waals surface area contributed by atoms with Crippen molar-refractivity contribution in [3.8, 4) is 0 Å². The van der Waals surface area contributed by atoms with Crippen LogP contribution in [0.1, 0.15) is 38.3 Å². The van der Waals surface area contributed by atoms with Crippen molar-refractivity contribution >= 4 is 52.5 Å². The average Bonchev–Trinajstić information content (AvgIpc) is 3.34. The molecule has 39 heavy (non-hydrogen) atoms. The Kier molecular flexibility index (Phi) is 11.7. The molecule has 0 bridgehead atoms. The maximum Gasteiger partial charge on any atom is 1.00 e. The summed E-state index contributed by atoms with van der Waals surface area (Å²) < 4.78 is 30.7. The minimum atomic E-state index is -0.681. The first-order chi connectivity index (χ1) is 18.1. The molecule has 13 heteroatoms. The van der Waals surface area contributed by atoms with Crippen LogP contribution in [-0.4, -0.2) is 65.7 Å². The Morgan fingerprint density at radius 3 is 2.44 bits per heavy atom. The summed E-state index contributed by atoms with van der Waals surface area (Å²) in [6.45, 7) is 6.20. The second-order valence-electron chi connectivity index (χ2n) is 9.35.